The molecule has 3 aliphatic rings. The van der Waals surface area contributed by atoms with E-state index in [2.05, 4.69) is 28.9 Å². The topological polar surface area (TPSA) is 6.48 Å². The summed E-state index contributed by atoms with van der Waals surface area (Å²) in [5, 5.41) is 0. The van der Waals surface area contributed by atoms with Gasteiger partial charge in [0.25, 0.3) is 0 Å². The Morgan fingerprint density at radius 2 is 1.67 bits per heavy atom. The number of aryl methyl sites for hydroxylation is 1. The molecule has 0 amide bonds. The highest BCUT2D eigenvalue weighted by Crippen LogP contribution is 2.56. The SMILES string of the molecule is [2H]C([2H])([2H])C1N(c2ccccc2C)[C@@H](C)C2c3ccccc3C([2H])(C3CCCCC3)N21. The van der Waals surface area contributed by atoms with Crippen LogP contribution in [-0.2, 0) is 0 Å². The summed E-state index contributed by atoms with van der Waals surface area (Å²) in [5.41, 5.74) is 4.21. The molecule has 2 aromatic rings. The van der Waals surface area contributed by atoms with Crippen molar-refractivity contribution in [3.8, 4) is 0 Å². The van der Waals surface area contributed by atoms with Crippen molar-refractivity contribution in [2.24, 2.45) is 5.92 Å². The zero-order chi connectivity index (χ0) is 22.0. The first-order chi connectivity index (χ1) is 14.8. The van der Waals surface area contributed by atoms with Gasteiger partial charge in [0.05, 0.1) is 13.6 Å². The van der Waals surface area contributed by atoms with E-state index in [0.29, 0.717) is 0 Å². The van der Waals surface area contributed by atoms with Gasteiger partial charge >= 0.3 is 0 Å². The summed E-state index contributed by atoms with van der Waals surface area (Å²) >= 11 is 0. The molecule has 2 aromatic carbocycles. The van der Waals surface area contributed by atoms with E-state index in [1.54, 1.807) is 0 Å². The van der Waals surface area contributed by atoms with Crippen molar-refractivity contribution >= 4 is 5.69 Å². The molecular formula is C25H32N2. The predicted octanol–water partition coefficient (Wildman–Crippen LogP) is 6.23. The summed E-state index contributed by atoms with van der Waals surface area (Å²) in [4.78, 5) is 4.17. The molecule has 1 saturated carbocycles. The highest BCUT2D eigenvalue weighted by molar-refractivity contribution is 5.58. The van der Waals surface area contributed by atoms with Gasteiger partial charge in [0.1, 0.15) is 0 Å². The zero-order valence-corrected chi connectivity index (χ0v) is 16.4. The summed E-state index contributed by atoms with van der Waals surface area (Å²) in [5.74, 6) is 0.154. The van der Waals surface area contributed by atoms with Gasteiger partial charge in [-0.05, 0) is 62.2 Å². The van der Waals surface area contributed by atoms with Crippen LogP contribution in [0.3, 0.4) is 0 Å². The van der Waals surface area contributed by atoms with Crippen LogP contribution in [0.2, 0.25) is 0 Å². The maximum absolute atomic E-state index is 9.94. The molecule has 5 rings (SSSR count). The Kier molecular flexibility index (Phi) is 3.31. The molecule has 2 nitrogen and oxygen atoms in total. The fraction of sp³-hybridized carbons (Fsp3) is 0.520. The first kappa shape index (κ1) is 13.4. The summed E-state index contributed by atoms with van der Waals surface area (Å²) in [6, 6.07) is 15.2. The quantitative estimate of drug-likeness (QED) is 0.623. The highest BCUT2D eigenvalue weighted by atomic mass is 15.5. The van der Waals surface area contributed by atoms with Crippen LogP contribution in [0.1, 0.15) is 80.1 Å². The minimum absolute atomic E-state index is 0.0384. The molecule has 0 bridgehead atoms. The van der Waals surface area contributed by atoms with Crippen LogP contribution in [-0.4, -0.2) is 17.1 Å². The molecule has 3 unspecified atom stereocenters. The van der Waals surface area contributed by atoms with Crippen LogP contribution in [0.4, 0.5) is 5.69 Å². The number of hydrogen-bond donors (Lipinski definition) is 0. The van der Waals surface area contributed by atoms with E-state index >= 15 is 0 Å². The van der Waals surface area contributed by atoms with Crippen molar-refractivity contribution in [3.63, 3.8) is 0 Å². The highest BCUT2D eigenvalue weighted by Gasteiger charge is 2.53. The molecule has 27 heavy (non-hydrogen) atoms. The van der Waals surface area contributed by atoms with E-state index < -0.39 is 19.0 Å². The normalized spacial score (nSPS) is 36.5. The van der Waals surface area contributed by atoms with Gasteiger partial charge in [-0.15, -0.1) is 0 Å². The van der Waals surface area contributed by atoms with Crippen molar-refractivity contribution in [3.05, 3.63) is 65.2 Å². The van der Waals surface area contributed by atoms with Crippen LogP contribution in [0, 0.1) is 12.8 Å². The van der Waals surface area contributed by atoms with Crippen LogP contribution in [0.5, 0.6) is 0 Å². The Morgan fingerprint density at radius 3 is 2.41 bits per heavy atom. The van der Waals surface area contributed by atoms with Crippen LogP contribution < -0.4 is 4.90 Å². The summed E-state index contributed by atoms with van der Waals surface area (Å²) < 4.78 is 35.7. The maximum atomic E-state index is 9.94. The molecule has 0 aromatic heterocycles. The Bertz CT molecular complexity index is 968. The molecule has 2 aliphatic heterocycles. The second-order valence-corrected chi connectivity index (χ2v) is 8.47. The fourth-order valence-electron chi connectivity index (χ4n) is 5.72. The molecular weight excluding hydrogens is 328 g/mol. The second-order valence-electron chi connectivity index (χ2n) is 8.47. The van der Waals surface area contributed by atoms with Crippen molar-refractivity contribution in [1.82, 2.24) is 4.90 Å². The Morgan fingerprint density at radius 1 is 0.963 bits per heavy atom. The Balaban J connectivity index is 1.72. The van der Waals surface area contributed by atoms with E-state index in [1.807, 2.05) is 43.3 Å². The number of benzene rings is 2. The minimum atomic E-state index is -2.23. The molecule has 2 heterocycles. The maximum Gasteiger partial charge on any atom is 0.0807 e. The van der Waals surface area contributed by atoms with Crippen molar-refractivity contribution < 1.29 is 5.48 Å². The van der Waals surface area contributed by atoms with E-state index in [9.17, 15) is 1.37 Å². The van der Waals surface area contributed by atoms with Crippen molar-refractivity contribution in [2.45, 2.75) is 77.1 Å². The molecule has 1 aliphatic carbocycles. The van der Waals surface area contributed by atoms with Crippen molar-refractivity contribution in [2.75, 3.05) is 4.90 Å². The lowest BCUT2D eigenvalue weighted by Crippen LogP contribution is -2.41. The summed E-state index contributed by atoms with van der Waals surface area (Å²) in [6.07, 6.45) is 4.64. The number of anilines is 1. The van der Waals surface area contributed by atoms with Crippen LogP contribution in [0.25, 0.3) is 0 Å². The number of rotatable bonds is 2. The van der Waals surface area contributed by atoms with Gasteiger partial charge in [-0.25, -0.2) is 0 Å². The fourth-order valence-corrected chi connectivity index (χ4v) is 5.72. The molecule has 0 radical (unpaired) electrons. The average molecular weight is 365 g/mol. The second kappa shape index (κ2) is 6.67. The van der Waals surface area contributed by atoms with Crippen molar-refractivity contribution in [1.29, 1.82) is 0 Å². The van der Waals surface area contributed by atoms with Crippen LogP contribution >= 0.6 is 0 Å². The van der Waals surface area contributed by atoms with Gasteiger partial charge in [0, 0.05) is 21.9 Å². The van der Waals surface area contributed by atoms with Gasteiger partial charge in [-0.2, -0.15) is 0 Å². The molecule has 4 atom stereocenters. The van der Waals surface area contributed by atoms with E-state index in [-0.39, 0.29) is 18.0 Å². The number of fused-ring (bicyclic) bond motifs is 3. The van der Waals surface area contributed by atoms with E-state index in [0.717, 1.165) is 48.1 Å². The number of nitrogens with zero attached hydrogens (tertiary/aromatic N) is 2. The largest absolute Gasteiger partial charge is 0.351 e. The number of para-hydroxylation sites is 1. The first-order valence-electron chi connectivity index (χ1n) is 12.5. The molecule has 2 fully saturated rings. The van der Waals surface area contributed by atoms with Gasteiger partial charge in [0.15, 0.2) is 0 Å². The Labute approximate surface area is 169 Å². The van der Waals surface area contributed by atoms with Gasteiger partial charge < -0.3 is 4.90 Å². The lowest BCUT2D eigenvalue weighted by atomic mass is 9.81. The lowest BCUT2D eigenvalue weighted by molar-refractivity contribution is 0.0946. The van der Waals surface area contributed by atoms with Gasteiger partial charge in [-0.3, -0.25) is 4.90 Å². The zero-order valence-electron chi connectivity index (χ0n) is 20.4. The van der Waals surface area contributed by atoms with E-state index in [1.165, 1.54) is 6.42 Å². The Hall–Kier alpha value is -1.80. The molecule has 0 spiro atoms. The summed E-state index contributed by atoms with van der Waals surface area (Å²) in [7, 11) is 0. The molecule has 2 heteroatoms. The molecule has 0 N–H and O–H groups in total. The smallest absolute Gasteiger partial charge is 0.0807 e. The summed E-state index contributed by atoms with van der Waals surface area (Å²) in [6.45, 7) is 1.96. The predicted molar refractivity (Wildman–Crippen MR) is 113 cm³/mol. The third-order valence-corrected chi connectivity index (χ3v) is 6.94. The molecule has 1 saturated heterocycles. The minimum Gasteiger partial charge on any atom is -0.351 e. The third kappa shape index (κ3) is 2.56. The molecule has 142 valence electrons. The number of hydrogen-bond acceptors (Lipinski definition) is 2. The third-order valence-electron chi connectivity index (χ3n) is 6.94. The monoisotopic (exact) mass is 364 g/mol. The first-order valence-corrected chi connectivity index (χ1v) is 10.5. The average Bonchev–Trinajstić information content (AvgIpc) is 3.21. The van der Waals surface area contributed by atoms with E-state index in [4.69, 9.17) is 4.11 Å². The van der Waals surface area contributed by atoms with Crippen LogP contribution in [0.15, 0.2) is 48.5 Å². The van der Waals surface area contributed by atoms with Gasteiger partial charge in [-0.1, -0.05) is 61.7 Å². The van der Waals surface area contributed by atoms with Gasteiger partial charge in [0.2, 0.25) is 0 Å². The lowest BCUT2D eigenvalue weighted by Gasteiger charge is -2.38. The standard InChI is InChI=1S/C25H32N2/c1-17-11-7-10-16-23(17)26-18(2)24-21-14-8-9-15-22(21)25(27(24)19(26)3)20-12-5-4-6-13-20/h7-11,14-16,18-20,24-25H,4-6,12-13H2,1-3H3/t18-,19?,24?,25?/m0/s1/i3D3,25D.